The molecule has 0 saturated carbocycles. The molecule has 1 aromatic carbocycles. The summed E-state index contributed by atoms with van der Waals surface area (Å²) in [5, 5.41) is 16.3. The number of carbonyl (C=O) groups is 5. The third-order valence-electron chi connectivity index (χ3n) is 6.99. The van der Waals surface area contributed by atoms with E-state index in [0.717, 1.165) is 19.3 Å². The van der Waals surface area contributed by atoms with Gasteiger partial charge in [-0.3, -0.25) is 33.8 Å². The van der Waals surface area contributed by atoms with Crippen molar-refractivity contribution >= 4 is 37.4 Å². The highest BCUT2D eigenvalue weighted by Gasteiger charge is 2.30. The van der Waals surface area contributed by atoms with Gasteiger partial charge in [0, 0.05) is 42.7 Å². The molecule has 1 aromatic heterocycles. The van der Waals surface area contributed by atoms with Crippen molar-refractivity contribution < 1.29 is 42.8 Å². The van der Waals surface area contributed by atoms with E-state index in [-0.39, 0.29) is 25.1 Å². The number of phosphoric ester groups is 1. The first kappa shape index (κ1) is 41.2. The summed E-state index contributed by atoms with van der Waals surface area (Å²) in [5.41, 5.74) is 14.9. The first-order chi connectivity index (χ1) is 23.7. The van der Waals surface area contributed by atoms with Gasteiger partial charge in [-0.2, -0.15) is 0 Å². The third kappa shape index (κ3) is 16.4. The average molecular weight is 722 g/mol. The van der Waals surface area contributed by atoms with Gasteiger partial charge in [0.15, 0.2) is 0 Å². The highest BCUT2D eigenvalue weighted by atomic mass is 31.2. The van der Waals surface area contributed by atoms with E-state index in [1.54, 1.807) is 0 Å². The van der Waals surface area contributed by atoms with Crippen molar-refractivity contribution in [1.82, 2.24) is 36.6 Å². The molecule has 10 N–H and O–H groups in total. The summed E-state index contributed by atoms with van der Waals surface area (Å²) in [5.74, 6) is -3.34. The van der Waals surface area contributed by atoms with Crippen molar-refractivity contribution in [3.8, 4) is 5.75 Å². The van der Waals surface area contributed by atoms with E-state index in [1.165, 1.54) is 50.6 Å². The number of carbonyl (C=O) groups excluding carboxylic acids is 5. The van der Waals surface area contributed by atoms with Gasteiger partial charge in [-0.05, 0) is 49.9 Å². The maximum atomic E-state index is 13.5. The smallest absolute Gasteiger partial charge is 0.404 e. The van der Waals surface area contributed by atoms with Crippen LogP contribution in [0.2, 0.25) is 0 Å². The Morgan fingerprint density at radius 3 is 2.20 bits per heavy atom. The lowest BCUT2D eigenvalue weighted by atomic mass is 10.0. The van der Waals surface area contributed by atoms with Crippen molar-refractivity contribution in [2.24, 2.45) is 10.8 Å². The number of imidazole rings is 1. The zero-order valence-corrected chi connectivity index (χ0v) is 28.6. The lowest BCUT2D eigenvalue weighted by Gasteiger charge is -2.25. The summed E-state index contributed by atoms with van der Waals surface area (Å²) in [4.78, 5) is 91.8. The molecule has 0 aliphatic heterocycles. The van der Waals surface area contributed by atoms with Gasteiger partial charge in [-0.1, -0.05) is 30.1 Å². The number of nitrogens with zero attached hydrogens (tertiary/aromatic N) is 4. The van der Waals surface area contributed by atoms with Gasteiger partial charge in [0.1, 0.15) is 23.9 Å². The van der Waals surface area contributed by atoms with E-state index in [2.05, 4.69) is 51.1 Å². The van der Waals surface area contributed by atoms with Crippen LogP contribution in [0.3, 0.4) is 0 Å². The lowest BCUT2D eigenvalue weighted by molar-refractivity contribution is -0.133. The second-order valence-electron chi connectivity index (χ2n) is 11.3. The average Bonchev–Trinajstić information content (AvgIpc) is 3.57. The molecule has 0 unspecified atom stereocenters. The molecule has 0 aliphatic rings. The monoisotopic (exact) mass is 721 g/mol. The summed E-state index contributed by atoms with van der Waals surface area (Å²) in [6, 6.07) is 0.869. The molecule has 0 bridgehead atoms. The Balaban J connectivity index is 2.03. The highest BCUT2D eigenvalue weighted by molar-refractivity contribution is 7.46. The minimum atomic E-state index is -4.79. The molecule has 50 heavy (non-hydrogen) atoms. The number of unbranched alkanes of at least 4 members (excludes halogenated alkanes) is 3. The van der Waals surface area contributed by atoms with Crippen LogP contribution in [-0.4, -0.2) is 93.1 Å². The van der Waals surface area contributed by atoms with Gasteiger partial charge in [0.2, 0.25) is 29.5 Å². The standard InChI is InChI=1S/C29H44N11O9P/c1-18(30)26(42)38-23(13-20-7-9-22(10-8-20)49-50(46,47)48)29(45)39-24(14-21-15-32-17-35-21)28(44)37-19(2)27(43)34-16-25(41)33-11-5-3-4-6-12-36-40-31/h7-10,15,17-19,23-24H,3-6,11-14,16,30H2,1-2H3,(H,32,35)(H,33,41)(H,34,43)(H,37,44)(H,38,42)(H,39,45)(H2,46,47,48)/t18-,19-,23-,24-/m0/s1. The zero-order chi connectivity index (χ0) is 37.1. The normalized spacial score (nSPS) is 13.4. The van der Waals surface area contributed by atoms with E-state index in [9.17, 15) is 28.5 Å². The van der Waals surface area contributed by atoms with Crippen LogP contribution in [0.25, 0.3) is 10.4 Å². The van der Waals surface area contributed by atoms with E-state index >= 15 is 0 Å². The van der Waals surface area contributed by atoms with Crippen molar-refractivity contribution in [3.63, 3.8) is 0 Å². The van der Waals surface area contributed by atoms with Crippen molar-refractivity contribution in [3.05, 3.63) is 58.5 Å². The molecule has 0 radical (unpaired) electrons. The number of hydrogen-bond donors (Lipinski definition) is 9. The number of phosphoric acid groups is 1. The highest BCUT2D eigenvalue weighted by Crippen LogP contribution is 2.37. The van der Waals surface area contributed by atoms with Crippen molar-refractivity contribution in [1.29, 1.82) is 0 Å². The molecule has 2 aromatic rings. The topological polar surface area (TPSA) is 316 Å². The number of aromatic nitrogens is 2. The number of aromatic amines is 1. The Hall–Kier alpha value is -5.00. The first-order valence-corrected chi connectivity index (χ1v) is 17.2. The second kappa shape index (κ2) is 21.2. The van der Waals surface area contributed by atoms with E-state index in [0.29, 0.717) is 30.8 Å². The maximum absolute atomic E-state index is 13.5. The fourth-order valence-electron chi connectivity index (χ4n) is 4.37. The van der Waals surface area contributed by atoms with Gasteiger partial charge >= 0.3 is 7.82 Å². The zero-order valence-electron chi connectivity index (χ0n) is 27.7. The molecule has 4 atom stereocenters. The molecule has 0 spiro atoms. The van der Waals surface area contributed by atoms with E-state index in [4.69, 9.17) is 21.1 Å². The van der Waals surface area contributed by atoms with Crippen LogP contribution < -0.4 is 36.8 Å². The van der Waals surface area contributed by atoms with Crippen LogP contribution in [0, 0.1) is 0 Å². The first-order valence-electron chi connectivity index (χ1n) is 15.7. The molecule has 0 aliphatic carbocycles. The summed E-state index contributed by atoms with van der Waals surface area (Å²) < 4.78 is 15.7. The van der Waals surface area contributed by atoms with E-state index in [1.807, 2.05) is 0 Å². The number of amides is 5. The minimum absolute atomic E-state index is 0.0672. The molecule has 20 nitrogen and oxygen atoms in total. The number of hydrogen-bond acceptors (Lipinski definition) is 10. The fraction of sp³-hybridized carbons (Fsp3) is 0.517. The van der Waals surface area contributed by atoms with Crippen LogP contribution in [-0.2, 0) is 41.4 Å². The van der Waals surface area contributed by atoms with E-state index < -0.39 is 61.5 Å². The number of H-pyrrole nitrogens is 1. The van der Waals surface area contributed by atoms with Gasteiger partial charge in [0.05, 0.1) is 18.9 Å². The fourth-order valence-corrected chi connectivity index (χ4v) is 4.76. The lowest BCUT2D eigenvalue weighted by Crippen LogP contribution is -2.58. The SMILES string of the molecule is C[C@H](N)C(=O)N[C@@H](Cc1ccc(OP(=O)(O)O)cc1)C(=O)N[C@@H](Cc1cnc[nH]1)C(=O)N[C@@H](C)C(=O)NCC(=O)NCCCCCCN=[N+]=[N-]. The van der Waals surface area contributed by atoms with Crippen molar-refractivity contribution in [2.75, 3.05) is 19.6 Å². The largest absolute Gasteiger partial charge is 0.524 e. The second-order valence-corrected chi connectivity index (χ2v) is 12.5. The molecule has 1 heterocycles. The number of benzene rings is 1. The van der Waals surface area contributed by atoms with Gasteiger partial charge in [0.25, 0.3) is 0 Å². The Kier molecular flexibility index (Phi) is 17.4. The molecule has 0 saturated heterocycles. The Morgan fingerprint density at radius 1 is 0.940 bits per heavy atom. The quantitative estimate of drug-likeness (QED) is 0.0247. The maximum Gasteiger partial charge on any atom is 0.524 e. The summed E-state index contributed by atoms with van der Waals surface area (Å²) in [6.07, 6.45) is 5.80. The molecule has 0 fully saturated rings. The summed E-state index contributed by atoms with van der Waals surface area (Å²) >= 11 is 0. The van der Waals surface area contributed by atoms with Crippen molar-refractivity contribution in [2.45, 2.75) is 76.5 Å². The summed E-state index contributed by atoms with van der Waals surface area (Å²) in [6.45, 7) is 3.33. The minimum Gasteiger partial charge on any atom is -0.404 e. The third-order valence-corrected chi connectivity index (χ3v) is 7.44. The molecular weight excluding hydrogens is 677 g/mol. The number of nitrogens with one attached hydrogen (secondary N) is 6. The number of azide groups is 1. The molecule has 2 rings (SSSR count). The van der Waals surface area contributed by atoms with Crippen LogP contribution in [0.1, 0.15) is 50.8 Å². The molecule has 21 heteroatoms. The van der Waals surface area contributed by atoms with Gasteiger partial charge in [-0.25, -0.2) is 9.55 Å². The number of rotatable bonds is 22. The van der Waals surface area contributed by atoms with Crippen LogP contribution in [0.15, 0.2) is 41.9 Å². The molecule has 5 amide bonds. The Morgan fingerprint density at radius 2 is 1.58 bits per heavy atom. The predicted octanol–water partition coefficient (Wildman–Crippen LogP) is -0.409. The Labute approximate surface area is 287 Å². The summed E-state index contributed by atoms with van der Waals surface area (Å²) in [7, 11) is -4.79. The van der Waals surface area contributed by atoms with Gasteiger partial charge in [-0.15, -0.1) is 0 Å². The van der Waals surface area contributed by atoms with Gasteiger partial charge < -0.3 is 41.8 Å². The van der Waals surface area contributed by atoms with Crippen LogP contribution in [0.5, 0.6) is 5.75 Å². The van der Waals surface area contributed by atoms with Crippen LogP contribution >= 0.6 is 7.82 Å². The Bertz CT molecular complexity index is 1510. The van der Waals surface area contributed by atoms with Crippen LogP contribution in [0.4, 0.5) is 0 Å². The molecule has 274 valence electrons. The number of nitrogens with two attached hydrogens (primary N) is 1. The molecular formula is C29H44N11O9P. The predicted molar refractivity (Wildman–Crippen MR) is 179 cm³/mol.